The Hall–Kier alpha value is -1.20. The van der Waals surface area contributed by atoms with Crippen LogP contribution in [-0.4, -0.2) is 14.2 Å². The van der Waals surface area contributed by atoms with Crippen molar-refractivity contribution in [2.24, 2.45) is 0 Å². The van der Waals surface area contributed by atoms with Crippen LogP contribution in [0.25, 0.3) is 0 Å². The largest absolute Gasteiger partial charge is 0.249 e. The third-order valence-corrected chi connectivity index (χ3v) is 4.23. The lowest BCUT2D eigenvalue weighted by molar-refractivity contribution is 0.689. The number of nitrogens with zero attached hydrogens (tertiary/aromatic N) is 2. The predicted octanol–water partition coefficient (Wildman–Crippen LogP) is 2.29. The molecule has 0 aromatic carbocycles. The predicted molar refractivity (Wildman–Crippen MR) is 60.7 cm³/mol. The van der Waals surface area contributed by atoms with Crippen molar-refractivity contribution in [3.63, 3.8) is 0 Å². The third kappa shape index (κ3) is 2.87. The fourth-order valence-electron chi connectivity index (χ4n) is 0.962. The first kappa shape index (κ1) is 10.3. The molecule has 0 radical (unpaired) electrons. The molecule has 0 N–H and O–H groups in total. The molecule has 0 spiro atoms. The summed E-state index contributed by atoms with van der Waals surface area (Å²) in [5, 5.41) is 1.30. The molecule has 0 saturated heterocycles. The van der Waals surface area contributed by atoms with Crippen LogP contribution in [0.3, 0.4) is 0 Å². The van der Waals surface area contributed by atoms with E-state index in [1.54, 1.807) is 24.5 Å². The second kappa shape index (κ2) is 5.04. The molecule has 3 nitrogen and oxygen atoms in total. The van der Waals surface area contributed by atoms with Crippen LogP contribution in [0.4, 0.5) is 0 Å². The summed E-state index contributed by atoms with van der Waals surface area (Å²) in [6, 6.07) is 10.9. The molecule has 2 rings (SSSR count). The highest BCUT2D eigenvalue weighted by molar-refractivity contribution is 8.69. The van der Waals surface area contributed by atoms with Gasteiger partial charge in [0, 0.05) is 23.2 Å². The van der Waals surface area contributed by atoms with Crippen molar-refractivity contribution < 1.29 is 4.21 Å². The lowest BCUT2D eigenvalue weighted by Gasteiger charge is -1.98. The minimum atomic E-state index is -1.19. The van der Waals surface area contributed by atoms with E-state index in [4.69, 9.17) is 0 Å². The smallest absolute Gasteiger partial charge is 0.138 e. The SMILES string of the molecule is O=S(Sc1ccccn1)c1ccccn1. The molecule has 0 aliphatic rings. The Bertz CT molecular complexity index is 447. The van der Waals surface area contributed by atoms with Crippen molar-refractivity contribution in [2.45, 2.75) is 10.1 Å². The number of hydrogen-bond donors (Lipinski definition) is 0. The molecule has 0 saturated carbocycles. The number of rotatable bonds is 3. The standard InChI is InChI=1S/C10H8N2OS2/c13-15(10-6-2-4-8-12-10)14-9-5-1-3-7-11-9/h1-8H. The van der Waals surface area contributed by atoms with Gasteiger partial charge in [0.15, 0.2) is 0 Å². The Morgan fingerprint density at radius 2 is 1.73 bits per heavy atom. The summed E-state index contributed by atoms with van der Waals surface area (Å²) in [5.74, 6) is 0. The van der Waals surface area contributed by atoms with Gasteiger partial charge in [0.25, 0.3) is 0 Å². The van der Waals surface area contributed by atoms with E-state index in [9.17, 15) is 4.21 Å². The molecule has 2 aromatic heterocycles. The Labute approximate surface area is 93.8 Å². The summed E-state index contributed by atoms with van der Waals surface area (Å²) < 4.78 is 11.8. The van der Waals surface area contributed by atoms with E-state index in [1.807, 2.05) is 24.3 Å². The highest BCUT2D eigenvalue weighted by Gasteiger charge is 2.06. The van der Waals surface area contributed by atoms with Gasteiger partial charge in [-0.05, 0) is 24.3 Å². The summed E-state index contributed by atoms with van der Waals surface area (Å²) in [6.07, 6.45) is 3.31. The van der Waals surface area contributed by atoms with Gasteiger partial charge in [-0.25, -0.2) is 14.2 Å². The fourth-order valence-corrected chi connectivity index (χ4v) is 3.09. The van der Waals surface area contributed by atoms with Crippen molar-refractivity contribution in [1.82, 2.24) is 9.97 Å². The van der Waals surface area contributed by atoms with Crippen molar-refractivity contribution in [3.05, 3.63) is 48.8 Å². The van der Waals surface area contributed by atoms with E-state index < -0.39 is 9.83 Å². The number of aromatic nitrogens is 2. The zero-order chi connectivity index (χ0) is 10.5. The number of hydrogen-bond acceptors (Lipinski definition) is 4. The van der Waals surface area contributed by atoms with Gasteiger partial charge >= 0.3 is 0 Å². The second-order valence-electron chi connectivity index (χ2n) is 2.65. The van der Waals surface area contributed by atoms with Gasteiger partial charge in [0.05, 0.1) is 0 Å². The van der Waals surface area contributed by atoms with Gasteiger partial charge in [0.2, 0.25) is 0 Å². The monoisotopic (exact) mass is 236 g/mol. The molecule has 0 amide bonds. The van der Waals surface area contributed by atoms with E-state index in [-0.39, 0.29) is 0 Å². The molecule has 76 valence electrons. The van der Waals surface area contributed by atoms with Crippen LogP contribution in [0.5, 0.6) is 0 Å². The quantitative estimate of drug-likeness (QED) is 0.767. The van der Waals surface area contributed by atoms with E-state index in [1.165, 1.54) is 10.8 Å². The van der Waals surface area contributed by atoms with E-state index in [2.05, 4.69) is 9.97 Å². The zero-order valence-corrected chi connectivity index (χ0v) is 9.37. The molecule has 0 aliphatic heterocycles. The van der Waals surface area contributed by atoms with E-state index in [0.717, 1.165) is 5.03 Å². The summed E-state index contributed by atoms with van der Waals surface area (Å²) in [4.78, 5) is 8.11. The molecule has 0 bridgehead atoms. The Balaban J connectivity index is 2.12. The molecule has 2 heterocycles. The van der Waals surface area contributed by atoms with Crippen molar-refractivity contribution >= 4 is 20.6 Å². The summed E-state index contributed by atoms with van der Waals surface area (Å²) in [6.45, 7) is 0. The molecule has 5 heteroatoms. The minimum Gasteiger partial charge on any atom is -0.249 e. The lowest BCUT2D eigenvalue weighted by Crippen LogP contribution is -1.89. The van der Waals surface area contributed by atoms with Gasteiger partial charge in [-0.15, -0.1) is 0 Å². The molecule has 1 unspecified atom stereocenters. The first-order chi connectivity index (χ1) is 7.36. The zero-order valence-electron chi connectivity index (χ0n) is 7.74. The van der Waals surface area contributed by atoms with Gasteiger partial charge in [-0.2, -0.15) is 0 Å². The summed E-state index contributed by atoms with van der Waals surface area (Å²) >= 11 is 0. The van der Waals surface area contributed by atoms with E-state index in [0.29, 0.717) is 5.03 Å². The van der Waals surface area contributed by atoms with Crippen LogP contribution in [0, 0.1) is 0 Å². The van der Waals surface area contributed by atoms with Gasteiger partial charge in [-0.1, -0.05) is 12.1 Å². The molecule has 15 heavy (non-hydrogen) atoms. The van der Waals surface area contributed by atoms with Gasteiger partial charge in [-0.3, -0.25) is 0 Å². The van der Waals surface area contributed by atoms with Crippen LogP contribution < -0.4 is 0 Å². The Morgan fingerprint density at radius 1 is 1.00 bits per heavy atom. The first-order valence-electron chi connectivity index (χ1n) is 4.28. The third-order valence-electron chi connectivity index (χ3n) is 1.61. The first-order valence-corrected chi connectivity index (χ1v) is 6.77. The maximum Gasteiger partial charge on any atom is 0.138 e. The summed E-state index contributed by atoms with van der Waals surface area (Å²) in [7, 11) is 0.00395. The molecular formula is C10H8N2OS2. The van der Waals surface area contributed by atoms with Gasteiger partial charge in [0.1, 0.15) is 19.9 Å². The molecular weight excluding hydrogens is 228 g/mol. The highest BCUT2D eigenvalue weighted by Crippen LogP contribution is 2.23. The molecule has 0 aliphatic carbocycles. The van der Waals surface area contributed by atoms with Crippen molar-refractivity contribution in [1.29, 1.82) is 0 Å². The van der Waals surface area contributed by atoms with Crippen LogP contribution in [-0.2, 0) is 9.83 Å². The molecule has 2 aromatic rings. The minimum absolute atomic E-state index is 0.563. The molecule has 1 atom stereocenters. The van der Waals surface area contributed by atoms with Crippen LogP contribution in [0.15, 0.2) is 58.8 Å². The highest BCUT2D eigenvalue weighted by atomic mass is 33.1. The maximum absolute atomic E-state index is 11.8. The van der Waals surface area contributed by atoms with Gasteiger partial charge < -0.3 is 0 Å². The fraction of sp³-hybridized carbons (Fsp3) is 0. The number of pyridine rings is 2. The molecule has 0 fully saturated rings. The van der Waals surface area contributed by atoms with Crippen LogP contribution in [0.1, 0.15) is 0 Å². The van der Waals surface area contributed by atoms with Crippen LogP contribution in [0.2, 0.25) is 0 Å². The maximum atomic E-state index is 11.8. The van der Waals surface area contributed by atoms with Crippen molar-refractivity contribution in [2.75, 3.05) is 0 Å². The average Bonchev–Trinajstić information content (AvgIpc) is 2.31. The summed E-state index contributed by atoms with van der Waals surface area (Å²) in [5.41, 5.74) is 0. The topological polar surface area (TPSA) is 42.9 Å². The normalized spacial score (nSPS) is 12.3. The second-order valence-corrected chi connectivity index (χ2v) is 5.53. The van der Waals surface area contributed by atoms with Crippen molar-refractivity contribution in [3.8, 4) is 0 Å². The Morgan fingerprint density at radius 3 is 2.33 bits per heavy atom. The van der Waals surface area contributed by atoms with Crippen LogP contribution >= 0.6 is 10.8 Å². The Kier molecular flexibility index (Phi) is 3.47. The average molecular weight is 236 g/mol. The lowest BCUT2D eigenvalue weighted by atomic mass is 10.5. The van der Waals surface area contributed by atoms with E-state index >= 15 is 0 Å².